The average Bonchev–Trinajstić information content (AvgIpc) is 3.21. The van der Waals surface area contributed by atoms with Gasteiger partial charge < -0.3 is 0 Å². The highest BCUT2D eigenvalue weighted by molar-refractivity contribution is 4.89. The number of nitrogens with zero attached hydrogens (tertiary/aromatic N) is 2. The summed E-state index contributed by atoms with van der Waals surface area (Å²) in [5, 5.41) is 0. The summed E-state index contributed by atoms with van der Waals surface area (Å²) < 4.78 is 5.10. The zero-order valence-corrected chi connectivity index (χ0v) is 23.4. The monoisotopic (exact) mass is 461 g/mol. The molecular formula is C31H61N2+. The number of aryl methyl sites for hydroxylation is 2. The largest absolute Gasteiger partial charge is 0.258 e. The molecule has 0 atom stereocenters. The molecule has 0 aliphatic heterocycles. The van der Waals surface area contributed by atoms with Gasteiger partial charge in [0.1, 0.15) is 12.4 Å². The second kappa shape index (κ2) is 21.7. The zero-order valence-electron chi connectivity index (χ0n) is 23.4. The molecule has 0 amide bonds. The highest BCUT2D eigenvalue weighted by atomic mass is 15.1. The van der Waals surface area contributed by atoms with Crippen LogP contribution in [0.15, 0.2) is 12.4 Å². The molecule has 0 saturated carbocycles. The lowest BCUT2D eigenvalue weighted by Gasteiger charge is -2.08. The van der Waals surface area contributed by atoms with Crippen molar-refractivity contribution in [1.82, 2.24) is 4.57 Å². The van der Waals surface area contributed by atoms with Gasteiger partial charge in [0.15, 0.2) is 0 Å². The van der Waals surface area contributed by atoms with Crippen LogP contribution in [0.25, 0.3) is 0 Å². The van der Waals surface area contributed by atoms with E-state index in [0.29, 0.717) is 5.92 Å². The van der Waals surface area contributed by atoms with Gasteiger partial charge in [-0.05, 0) is 25.7 Å². The molecule has 0 aliphatic carbocycles. The normalized spacial score (nSPS) is 11.7. The summed E-state index contributed by atoms with van der Waals surface area (Å²) in [6.45, 7) is 11.7. The summed E-state index contributed by atoms with van der Waals surface area (Å²) >= 11 is 0. The summed E-state index contributed by atoms with van der Waals surface area (Å²) in [4.78, 5) is 0. The molecule has 0 saturated heterocycles. The van der Waals surface area contributed by atoms with Gasteiger partial charge in [0.2, 0.25) is 0 Å². The summed E-state index contributed by atoms with van der Waals surface area (Å²) in [6, 6.07) is 0. The minimum absolute atomic E-state index is 0.607. The van der Waals surface area contributed by atoms with Crippen molar-refractivity contribution in [3.05, 3.63) is 18.2 Å². The average molecular weight is 462 g/mol. The van der Waals surface area contributed by atoms with E-state index in [0.717, 1.165) is 0 Å². The SMILES string of the molecule is CCCCCCCCCCCCC[n+]1ccn(CCCCCCCCCCCC)c1C(C)C. The Labute approximate surface area is 208 Å². The van der Waals surface area contributed by atoms with Crippen LogP contribution in [-0.4, -0.2) is 4.57 Å². The number of rotatable bonds is 24. The summed E-state index contributed by atoms with van der Waals surface area (Å²) in [7, 11) is 0. The van der Waals surface area contributed by atoms with Crippen LogP contribution in [0, 0.1) is 0 Å². The van der Waals surface area contributed by atoms with Crippen LogP contribution < -0.4 is 4.57 Å². The van der Waals surface area contributed by atoms with E-state index in [1.54, 1.807) is 0 Å². The van der Waals surface area contributed by atoms with Crippen molar-refractivity contribution in [3.8, 4) is 0 Å². The molecule has 0 N–H and O–H groups in total. The number of hydrogen-bond acceptors (Lipinski definition) is 0. The van der Waals surface area contributed by atoms with Crippen LogP contribution in [0.2, 0.25) is 0 Å². The molecular weight excluding hydrogens is 400 g/mol. The first kappa shape index (κ1) is 30.2. The van der Waals surface area contributed by atoms with E-state index in [1.165, 1.54) is 154 Å². The van der Waals surface area contributed by atoms with Gasteiger partial charge in [0.05, 0.1) is 19.0 Å². The molecule has 0 fully saturated rings. The van der Waals surface area contributed by atoms with Crippen molar-refractivity contribution in [2.75, 3.05) is 0 Å². The quantitative estimate of drug-likeness (QED) is 0.107. The lowest BCUT2D eigenvalue weighted by molar-refractivity contribution is -0.705. The van der Waals surface area contributed by atoms with Gasteiger partial charge >= 0.3 is 0 Å². The highest BCUT2D eigenvalue weighted by Crippen LogP contribution is 2.15. The molecule has 0 unspecified atom stereocenters. The van der Waals surface area contributed by atoms with E-state index in [1.807, 2.05) is 0 Å². The fourth-order valence-electron chi connectivity index (χ4n) is 5.24. The second-order valence-corrected chi connectivity index (χ2v) is 10.9. The van der Waals surface area contributed by atoms with Gasteiger partial charge in [0.25, 0.3) is 5.82 Å². The molecule has 194 valence electrons. The van der Waals surface area contributed by atoms with Crippen LogP contribution in [0.4, 0.5) is 0 Å². The maximum Gasteiger partial charge on any atom is 0.258 e. The van der Waals surface area contributed by atoms with Crippen LogP contribution in [0.1, 0.15) is 174 Å². The minimum Gasteiger partial charge on any atom is -0.234 e. The second-order valence-electron chi connectivity index (χ2n) is 10.9. The van der Waals surface area contributed by atoms with Gasteiger partial charge in [-0.1, -0.05) is 137 Å². The minimum atomic E-state index is 0.607. The van der Waals surface area contributed by atoms with E-state index in [4.69, 9.17) is 0 Å². The fraction of sp³-hybridized carbons (Fsp3) is 0.903. The molecule has 0 spiro atoms. The van der Waals surface area contributed by atoms with Crippen molar-refractivity contribution in [2.45, 2.75) is 182 Å². The van der Waals surface area contributed by atoms with E-state index < -0.39 is 0 Å². The maximum absolute atomic E-state index is 2.55. The number of imidazole rings is 1. The van der Waals surface area contributed by atoms with Crippen molar-refractivity contribution < 1.29 is 4.57 Å². The molecule has 0 radical (unpaired) electrons. The summed E-state index contributed by atoms with van der Waals surface area (Å²) in [6.07, 6.45) is 34.5. The first-order valence-electron chi connectivity index (χ1n) is 15.3. The third-order valence-electron chi connectivity index (χ3n) is 7.29. The Morgan fingerprint density at radius 1 is 0.576 bits per heavy atom. The van der Waals surface area contributed by atoms with Crippen LogP contribution >= 0.6 is 0 Å². The van der Waals surface area contributed by atoms with Gasteiger partial charge in [-0.2, -0.15) is 0 Å². The molecule has 1 heterocycles. The molecule has 1 aromatic rings. The third-order valence-corrected chi connectivity index (χ3v) is 7.29. The summed E-state index contributed by atoms with van der Waals surface area (Å²) in [5.41, 5.74) is 0. The van der Waals surface area contributed by atoms with Crippen LogP contribution in [-0.2, 0) is 13.1 Å². The fourth-order valence-corrected chi connectivity index (χ4v) is 5.24. The topological polar surface area (TPSA) is 8.81 Å². The van der Waals surface area contributed by atoms with Gasteiger partial charge in [-0.3, -0.25) is 0 Å². The van der Waals surface area contributed by atoms with E-state index >= 15 is 0 Å². The van der Waals surface area contributed by atoms with Gasteiger partial charge in [-0.25, -0.2) is 9.13 Å². The van der Waals surface area contributed by atoms with E-state index in [-0.39, 0.29) is 0 Å². The Balaban J connectivity index is 2.13. The molecule has 1 aromatic heterocycles. The van der Waals surface area contributed by atoms with Crippen molar-refractivity contribution in [3.63, 3.8) is 0 Å². The van der Waals surface area contributed by atoms with E-state index in [9.17, 15) is 0 Å². The summed E-state index contributed by atoms with van der Waals surface area (Å²) in [5.74, 6) is 2.15. The lowest BCUT2D eigenvalue weighted by atomic mass is 10.1. The Bertz CT molecular complexity index is 531. The highest BCUT2D eigenvalue weighted by Gasteiger charge is 2.19. The molecule has 33 heavy (non-hydrogen) atoms. The van der Waals surface area contributed by atoms with Crippen LogP contribution in [0.5, 0.6) is 0 Å². The first-order chi connectivity index (χ1) is 16.2. The van der Waals surface area contributed by atoms with Crippen LogP contribution in [0.3, 0.4) is 0 Å². The molecule has 0 bridgehead atoms. The Hall–Kier alpha value is -0.790. The first-order valence-corrected chi connectivity index (χ1v) is 15.3. The molecule has 0 aliphatic rings. The van der Waals surface area contributed by atoms with Crippen molar-refractivity contribution in [1.29, 1.82) is 0 Å². The number of aromatic nitrogens is 2. The molecule has 2 nitrogen and oxygen atoms in total. The smallest absolute Gasteiger partial charge is 0.234 e. The number of hydrogen-bond donors (Lipinski definition) is 0. The molecule has 2 heteroatoms. The number of unbranched alkanes of at least 4 members (excludes halogenated alkanes) is 19. The van der Waals surface area contributed by atoms with Gasteiger partial charge in [0, 0.05) is 0 Å². The predicted molar refractivity (Wildman–Crippen MR) is 147 cm³/mol. The predicted octanol–water partition coefficient (Wildman–Crippen LogP) is 10.1. The lowest BCUT2D eigenvalue weighted by Crippen LogP contribution is -2.38. The Morgan fingerprint density at radius 3 is 1.39 bits per heavy atom. The molecule has 0 aromatic carbocycles. The van der Waals surface area contributed by atoms with Gasteiger partial charge in [-0.15, -0.1) is 0 Å². The third kappa shape index (κ3) is 15.7. The van der Waals surface area contributed by atoms with Crippen molar-refractivity contribution in [2.24, 2.45) is 0 Å². The zero-order chi connectivity index (χ0) is 24.0. The van der Waals surface area contributed by atoms with Crippen molar-refractivity contribution >= 4 is 0 Å². The Morgan fingerprint density at radius 2 is 0.970 bits per heavy atom. The van der Waals surface area contributed by atoms with E-state index in [2.05, 4.69) is 49.2 Å². The Kier molecular flexibility index (Phi) is 19.9. The standard InChI is InChI=1S/C31H61N2/c1-5-7-9-11-13-15-17-19-21-23-25-27-33-29-28-32(31(33)30(3)4)26-24-22-20-18-16-14-12-10-8-6-2/h28-30H,5-27H2,1-4H3/q+1. The molecule has 1 rings (SSSR count). The maximum atomic E-state index is 2.55.